The SMILES string of the molecule is C=C/C=C\C(=C/C)CCc1nc2c(nc1NC(=O)c1ccccc1)CCc1cc(OC)ccc1-2. The van der Waals surface area contributed by atoms with Crippen molar-refractivity contribution in [3.05, 3.63) is 108 Å². The van der Waals surface area contributed by atoms with E-state index in [1.807, 2.05) is 43.3 Å². The fourth-order valence-corrected chi connectivity index (χ4v) is 4.10. The molecule has 0 atom stereocenters. The smallest absolute Gasteiger partial charge is 0.256 e. The lowest BCUT2D eigenvalue weighted by Crippen LogP contribution is -2.18. The van der Waals surface area contributed by atoms with E-state index in [9.17, 15) is 4.79 Å². The van der Waals surface area contributed by atoms with Crippen molar-refractivity contribution >= 4 is 11.7 Å². The van der Waals surface area contributed by atoms with Gasteiger partial charge in [0.05, 0.1) is 24.2 Å². The predicted octanol–water partition coefficient (Wildman–Crippen LogP) is 6.12. The number of aromatic nitrogens is 2. The number of hydrogen-bond donors (Lipinski definition) is 1. The van der Waals surface area contributed by atoms with Gasteiger partial charge in [0.1, 0.15) is 5.75 Å². The first kappa shape index (κ1) is 23.2. The molecule has 5 nitrogen and oxygen atoms in total. The standard InChI is InChI=1S/C29H29N3O2/c1-4-6-10-20(5-2)13-17-26-28(32-29(33)21-11-8-7-9-12-21)31-25-18-14-22-19-23(34-3)15-16-24(22)27(25)30-26/h4-12,15-16,19H,1,13-14,17-18H2,2-3H3,(H,31,32,33)/b10-6-,20-5+. The Bertz CT molecular complexity index is 1260. The molecule has 1 aromatic heterocycles. The lowest BCUT2D eigenvalue weighted by Gasteiger charge is -2.21. The van der Waals surface area contributed by atoms with E-state index in [1.54, 1.807) is 25.3 Å². The number of benzene rings is 2. The maximum atomic E-state index is 12.9. The van der Waals surface area contributed by atoms with Crippen LogP contribution < -0.4 is 10.1 Å². The summed E-state index contributed by atoms with van der Waals surface area (Å²) >= 11 is 0. The molecular weight excluding hydrogens is 422 g/mol. The van der Waals surface area contributed by atoms with Gasteiger partial charge in [0, 0.05) is 11.1 Å². The molecule has 0 bridgehead atoms. The number of carbonyl (C=O) groups excluding carboxylic acids is 1. The van der Waals surface area contributed by atoms with E-state index in [-0.39, 0.29) is 5.91 Å². The Morgan fingerprint density at radius 3 is 2.71 bits per heavy atom. The van der Waals surface area contributed by atoms with E-state index in [1.165, 1.54) is 11.1 Å². The molecule has 5 heteroatoms. The van der Waals surface area contributed by atoms with Crippen LogP contribution in [-0.4, -0.2) is 23.0 Å². The zero-order valence-corrected chi connectivity index (χ0v) is 19.7. The third-order valence-electron chi connectivity index (χ3n) is 5.97. The van der Waals surface area contributed by atoms with Crippen LogP contribution in [0, 0.1) is 0 Å². The quantitative estimate of drug-likeness (QED) is 0.419. The van der Waals surface area contributed by atoms with Gasteiger partial charge in [-0.15, -0.1) is 0 Å². The summed E-state index contributed by atoms with van der Waals surface area (Å²) in [5.41, 5.74) is 6.62. The number of carbonyl (C=O) groups is 1. The van der Waals surface area contributed by atoms with Crippen molar-refractivity contribution in [3.63, 3.8) is 0 Å². The van der Waals surface area contributed by atoms with Gasteiger partial charge in [-0.3, -0.25) is 4.79 Å². The van der Waals surface area contributed by atoms with Gasteiger partial charge in [0.2, 0.25) is 0 Å². The summed E-state index contributed by atoms with van der Waals surface area (Å²) in [6, 6.07) is 15.3. The molecule has 34 heavy (non-hydrogen) atoms. The van der Waals surface area contributed by atoms with Crippen LogP contribution >= 0.6 is 0 Å². The zero-order valence-electron chi connectivity index (χ0n) is 19.7. The number of allylic oxidation sites excluding steroid dienone is 5. The molecule has 0 unspecified atom stereocenters. The molecule has 0 radical (unpaired) electrons. The van der Waals surface area contributed by atoms with Crippen molar-refractivity contribution in [2.24, 2.45) is 0 Å². The molecule has 1 N–H and O–H groups in total. The van der Waals surface area contributed by atoms with Crippen molar-refractivity contribution < 1.29 is 9.53 Å². The number of fused-ring (bicyclic) bond motifs is 3. The number of aryl methyl sites for hydroxylation is 3. The van der Waals surface area contributed by atoms with Crippen LogP contribution in [0.5, 0.6) is 5.75 Å². The number of rotatable bonds is 8. The van der Waals surface area contributed by atoms with Crippen molar-refractivity contribution in [2.75, 3.05) is 12.4 Å². The molecule has 0 fully saturated rings. The van der Waals surface area contributed by atoms with Crippen LogP contribution in [0.2, 0.25) is 0 Å². The van der Waals surface area contributed by atoms with Crippen LogP contribution in [0.4, 0.5) is 5.82 Å². The second-order valence-electron chi connectivity index (χ2n) is 8.12. The number of methoxy groups -OCH3 is 1. The summed E-state index contributed by atoms with van der Waals surface area (Å²) in [5.74, 6) is 1.19. The molecule has 0 saturated heterocycles. The van der Waals surface area contributed by atoms with Crippen LogP contribution in [-0.2, 0) is 19.3 Å². The Morgan fingerprint density at radius 2 is 1.97 bits per heavy atom. The molecule has 1 aliphatic carbocycles. The van der Waals surface area contributed by atoms with E-state index in [2.05, 4.69) is 30.1 Å². The third-order valence-corrected chi connectivity index (χ3v) is 5.97. The Morgan fingerprint density at radius 1 is 1.15 bits per heavy atom. The number of anilines is 1. The summed E-state index contributed by atoms with van der Waals surface area (Å²) in [6.45, 7) is 5.77. The van der Waals surface area contributed by atoms with Crippen molar-refractivity contribution in [1.82, 2.24) is 9.97 Å². The highest BCUT2D eigenvalue weighted by Gasteiger charge is 2.23. The molecule has 1 heterocycles. The van der Waals surface area contributed by atoms with Gasteiger partial charge in [0.15, 0.2) is 5.82 Å². The van der Waals surface area contributed by atoms with Gasteiger partial charge in [-0.05, 0) is 68.5 Å². The molecule has 0 aliphatic heterocycles. The summed E-state index contributed by atoms with van der Waals surface area (Å²) in [4.78, 5) is 22.9. The van der Waals surface area contributed by atoms with E-state index in [0.29, 0.717) is 17.8 Å². The second-order valence-corrected chi connectivity index (χ2v) is 8.12. The molecular formula is C29H29N3O2. The minimum Gasteiger partial charge on any atom is -0.497 e. The first-order chi connectivity index (χ1) is 16.6. The number of hydrogen-bond acceptors (Lipinski definition) is 4. The van der Waals surface area contributed by atoms with Gasteiger partial charge in [0.25, 0.3) is 5.91 Å². The molecule has 3 aromatic rings. The Kier molecular flexibility index (Phi) is 7.33. The van der Waals surface area contributed by atoms with Crippen molar-refractivity contribution in [3.8, 4) is 17.0 Å². The molecule has 1 amide bonds. The van der Waals surface area contributed by atoms with E-state index < -0.39 is 0 Å². The maximum absolute atomic E-state index is 12.9. The summed E-state index contributed by atoms with van der Waals surface area (Å²) in [5, 5.41) is 3.02. The van der Waals surface area contributed by atoms with Gasteiger partial charge in [-0.1, -0.05) is 54.7 Å². The number of amides is 1. The predicted molar refractivity (Wildman–Crippen MR) is 137 cm³/mol. The van der Waals surface area contributed by atoms with Gasteiger partial charge in [-0.25, -0.2) is 9.97 Å². The Balaban J connectivity index is 1.71. The van der Waals surface area contributed by atoms with Gasteiger partial charge >= 0.3 is 0 Å². The van der Waals surface area contributed by atoms with Crippen LogP contribution in [0.15, 0.2) is 85.0 Å². The first-order valence-electron chi connectivity index (χ1n) is 11.5. The van der Waals surface area contributed by atoms with E-state index >= 15 is 0 Å². The highest BCUT2D eigenvalue weighted by Crippen LogP contribution is 2.35. The lowest BCUT2D eigenvalue weighted by atomic mass is 9.91. The summed E-state index contributed by atoms with van der Waals surface area (Å²) < 4.78 is 5.40. The monoisotopic (exact) mass is 451 g/mol. The fraction of sp³-hybridized carbons (Fsp3) is 0.207. The summed E-state index contributed by atoms with van der Waals surface area (Å²) in [6.07, 6.45) is 10.9. The first-order valence-corrected chi connectivity index (χ1v) is 11.5. The molecule has 2 aromatic carbocycles. The number of nitrogens with zero attached hydrogens (tertiary/aromatic N) is 2. The molecule has 172 valence electrons. The highest BCUT2D eigenvalue weighted by atomic mass is 16.5. The minimum atomic E-state index is -0.185. The van der Waals surface area contributed by atoms with Gasteiger partial charge < -0.3 is 10.1 Å². The normalized spacial score (nSPS) is 12.7. The van der Waals surface area contributed by atoms with Crippen LogP contribution in [0.1, 0.15) is 40.7 Å². The second kappa shape index (κ2) is 10.8. The number of ether oxygens (including phenoxy) is 1. The number of nitrogens with one attached hydrogen (secondary N) is 1. The van der Waals surface area contributed by atoms with E-state index in [4.69, 9.17) is 14.7 Å². The zero-order chi connectivity index (χ0) is 23.9. The lowest BCUT2D eigenvalue weighted by molar-refractivity contribution is 0.102. The fourth-order valence-electron chi connectivity index (χ4n) is 4.10. The molecule has 0 saturated carbocycles. The van der Waals surface area contributed by atoms with Crippen molar-refractivity contribution in [1.29, 1.82) is 0 Å². The van der Waals surface area contributed by atoms with Gasteiger partial charge in [-0.2, -0.15) is 0 Å². The van der Waals surface area contributed by atoms with Crippen LogP contribution in [0.3, 0.4) is 0 Å². The minimum absolute atomic E-state index is 0.185. The maximum Gasteiger partial charge on any atom is 0.256 e. The Hall–Kier alpha value is -3.99. The summed E-state index contributed by atoms with van der Waals surface area (Å²) in [7, 11) is 1.68. The molecule has 1 aliphatic rings. The largest absolute Gasteiger partial charge is 0.497 e. The molecule has 0 spiro atoms. The average Bonchev–Trinajstić information content (AvgIpc) is 2.88. The topological polar surface area (TPSA) is 64.1 Å². The van der Waals surface area contributed by atoms with E-state index in [0.717, 1.165) is 47.7 Å². The Labute approximate surface area is 200 Å². The third kappa shape index (κ3) is 5.15. The van der Waals surface area contributed by atoms with Crippen LogP contribution in [0.25, 0.3) is 11.3 Å². The molecule has 4 rings (SSSR count). The average molecular weight is 452 g/mol. The van der Waals surface area contributed by atoms with Crippen molar-refractivity contribution in [2.45, 2.75) is 32.6 Å². The highest BCUT2D eigenvalue weighted by molar-refractivity contribution is 6.04.